The van der Waals surface area contributed by atoms with Gasteiger partial charge in [-0.15, -0.1) is 0 Å². The Labute approximate surface area is 122 Å². The second-order valence-electron chi connectivity index (χ2n) is 5.40. The van der Waals surface area contributed by atoms with Crippen LogP contribution in [0, 0.1) is 5.82 Å². The average Bonchev–Trinajstić information content (AvgIpc) is 2.95. The Morgan fingerprint density at radius 2 is 2.10 bits per heavy atom. The number of ether oxygens (including phenoxy) is 1. The number of hydrogen-bond donors (Lipinski definition) is 1. The van der Waals surface area contributed by atoms with E-state index in [1.54, 1.807) is 18.4 Å². The van der Waals surface area contributed by atoms with Crippen molar-refractivity contribution in [3.05, 3.63) is 42.0 Å². The normalized spacial score (nSPS) is 22.4. The maximum absolute atomic E-state index is 12.9. The summed E-state index contributed by atoms with van der Waals surface area (Å²) in [6.45, 7) is 0.363. The number of aliphatic hydroxyl groups excluding tert-OH is 1. The van der Waals surface area contributed by atoms with Crippen molar-refractivity contribution in [1.82, 2.24) is 4.98 Å². The average molecular weight is 291 g/mol. The molecule has 0 bridgehead atoms. The van der Waals surface area contributed by atoms with Crippen LogP contribution in [0.5, 0.6) is 0 Å². The van der Waals surface area contributed by atoms with Crippen LogP contribution in [0.4, 0.5) is 4.39 Å². The molecule has 2 aromatic rings. The first-order valence-corrected chi connectivity index (χ1v) is 7.21. The molecule has 1 N–H and O–H groups in total. The zero-order valence-corrected chi connectivity index (χ0v) is 11.7. The maximum Gasteiger partial charge on any atom is 0.226 e. The molecule has 1 aromatic carbocycles. The second kappa shape index (κ2) is 6.37. The van der Waals surface area contributed by atoms with Crippen LogP contribution in [0.1, 0.15) is 31.4 Å². The smallest absolute Gasteiger partial charge is 0.226 e. The Bertz CT molecular complexity index is 581. The first kappa shape index (κ1) is 14.2. The van der Waals surface area contributed by atoms with E-state index in [-0.39, 0.29) is 18.0 Å². The van der Waals surface area contributed by atoms with Crippen LogP contribution in [-0.2, 0) is 11.3 Å². The molecule has 2 atom stereocenters. The molecule has 0 unspecified atom stereocenters. The van der Waals surface area contributed by atoms with Gasteiger partial charge in [0.2, 0.25) is 5.89 Å². The topological polar surface area (TPSA) is 55.5 Å². The molecule has 4 nitrogen and oxygen atoms in total. The van der Waals surface area contributed by atoms with E-state index < -0.39 is 0 Å². The molecule has 1 heterocycles. The van der Waals surface area contributed by atoms with Crippen LogP contribution >= 0.6 is 0 Å². The molecule has 0 amide bonds. The number of oxazole rings is 1. The summed E-state index contributed by atoms with van der Waals surface area (Å²) >= 11 is 0. The van der Waals surface area contributed by atoms with Crippen molar-refractivity contribution in [2.75, 3.05) is 0 Å². The minimum atomic E-state index is -0.287. The fraction of sp³-hybridized carbons (Fsp3) is 0.438. The fourth-order valence-corrected chi connectivity index (χ4v) is 2.57. The van der Waals surface area contributed by atoms with Crippen LogP contribution < -0.4 is 0 Å². The number of nitrogens with zero attached hydrogens (tertiary/aromatic N) is 1. The van der Waals surface area contributed by atoms with E-state index >= 15 is 0 Å². The zero-order valence-electron chi connectivity index (χ0n) is 11.7. The standard InChI is InChI=1S/C16H18FNO3/c17-12-6-4-11(5-7-12)16-18-13(10-21-16)9-20-15-3-1-2-14(19)8-15/h4-7,10,14-15,19H,1-3,8-9H2/t14-,15+/m0/s1. The van der Waals surface area contributed by atoms with Crippen LogP contribution in [0.3, 0.4) is 0 Å². The zero-order chi connectivity index (χ0) is 14.7. The van der Waals surface area contributed by atoms with E-state index in [1.807, 2.05) is 0 Å². The van der Waals surface area contributed by atoms with Gasteiger partial charge < -0.3 is 14.3 Å². The van der Waals surface area contributed by atoms with Crippen LogP contribution in [0.25, 0.3) is 11.5 Å². The van der Waals surface area contributed by atoms with Crippen LogP contribution in [0.15, 0.2) is 34.9 Å². The van der Waals surface area contributed by atoms with Gasteiger partial charge in [-0.05, 0) is 49.9 Å². The summed E-state index contributed by atoms with van der Waals surface area (Å²) in [6, 6.07) is 6.00. The van der Waals surface area contributed by atoms with Gasteiger partial charge in [-0.3, -0.25) is 0 Å². The number of rotatable bonds is 4. The molecular formula is C16H18FNO3. The van der Waals surface area contributed by atoms with Crippen molar-refractivity contribution in [3.63, 3.8) is 0 Å². The van der Waals surface area contributed by atoms with E-state index in [9.17, 15) is 9.50 Å². The molecule has 112 valence electrons. The van der Waals surface area contributed by atoms with Crippen LogP contribution in [0.2, 0.25) is 0 Å². The Hall–Kier alpha value is -1.72. The molecule has 1 fully saturated rings. The molecule has 1 aromatic heterocycles. The van der Waals surface area contributed by atoms with Crippen LogP contribution in [-0.4, -0.2) is 22.3 Å². The summed E-state index contributed by atoms with van der Waals surface area (Å²) in [6.07, 6.45) is 4.89. The molecular weight excluding hydrogens is 273 g/mol. The minimum absolute atomic E-state index is 0.0831. The van der Waals surface area contributed by atoms with Gasteiger partial charge in [0.25, 0.3) is 0 Å². The van der Waals surface area contributed by atoms with E-state index in [1.165, 1.54) is 12.1 Å². The lowest BCUT2D eigenvalue weighted by Gasteiger charge is -2.25. The van der Waals surface area contributed by atoms with Gasteiger partial charge in [0, 0.05) is 5.56 Å². The number of halogens is 1. The van der Waals surface area contributed by atoms with Gasteiger partial charge in [-0.2, -0.15) is 0 Å². The Morgan fingerprint density at radius 3 is 2.86 bits per heavy atom. The van der Waals surface area contributed by atoms with Gasteiger partial charge in [-0.25, -0.2) is 9.37 Å². The SMILES string of the molecule is O[C@H]1CCC[C@@H](OCc2coc(-c3ccc(F)cc3)n2)C1. The monoisotopic (exact) mass is 291 g/mol. The van der Waals surface area contributed by atoms with Gasteiger partial charge in [0.15, 0.2) is 0 Å². The van der Waals surface area contributed by atoms with E-state index in [2.05, 4.69) is 4.98 Å². The highest BCUT2D eigenvalue weighted by molar-refractivity contribution is 5.52. The van der Waals surface area contributed by atoms with Gasteiger partial charge in [-0.1, -0.05) is 0 Å². The summed E-state index contributed by atoms with van der Waals surface area (Å²) in [5.74, 6) is 0.169. The Balaban J connectivity index is 1.59. The molecule has 0 saturated heterocycles. The van der Waals surface area contributed by atoms with Crippen molar-refractivity contribution in [3.8, 4) is 11.5 Å². The predicted octanol–water partition coefficient (Wildman–Crippen LogP) is 3.30. The molecule has 0 aliphatic heterocycles. The second-order valence-corrected chi connectivity index (χ2v) is 5.40. The largest absolute Gasteiger partial charge is 0.444 e. The number of aliphatic hydroxyl groups is 1. The maximum atomic E-state index is 12.9. The van der Waals surface area contributed by atoms with Crippen molar-refractivity contribution in [2.45, 2.75) is 44.5 Å². The minimum Gasteiger partial charge on any atom is -0.444 e. The van der Waals surface area contributed by atoms with E-state index in [0.717, 1.165) is 24.8 Å². The Kier molecular flexibility index (Phi) is 4.31. The van der Waals surface area contributed by atoms with Crippen molar-refractivity contribution < 1.29 is 18.7 Å². The molecule has 1 aliphatic carbocycles. The summed E-state index contributed by atoms with van der Waals surface area (Å²) in [5, 5.41) is 9.61. The lowest BCUT2D eigenvalue weighted by molar-refractivity contribution is -0.0238. The van der Waals surface area contributed by atoms with Crippen molar-refractivity contribution in [2.24, 2.45) is 0 Å². The lowest BCUT2D eigenvalue weighted by Crippen LogP contribution is -2.25. The summed E-state index contributed by atoms with van der Waals surface area (Å²) in [7, 11) is 0. The number of hydrogen-bond acceptors (Lipinski definition) is 4. The molecule has 1 saturated carbocycles. The van der Waals surface area contributed by atoms with Crippen molar-refractivity contribution in [1.29, 1.82) is 0 Å². The third-order valence-electron chi connectivity index (χ3n) is 3.71. The third-order valence-corrected chi connectivity index (χ3v) is 3.71. The number of benzene rings is 1. The quantitative estimate of drug-likeness (QED) is 0.939. The van der Waals surface area contributed by atoms with Crippen molar-refractivity contribution >= 4 is 0 Å². The highest BCUT2D eigenvalue weighted by atomic mass is 19.1. The van der Waals surface area contributed by atoms with Gasteiger partial charge in [0.05, 0.1) is 18.8 Å². The molecule has 3 rings (SSSR count). The molecule has 21 heavy (non-hydrogen) atoms. The van der Waals surface area contributed by atoms with Gasteiger partial charge in [0.1, 0.15) is 17.8 Å². The molecule has 0 radical (unpaired) electrons. The van der Waals surface area contributed by atoms with Gasteiger partial charge >= 0.3 is 0 Å². The summed E-state index contributed by atoms with van der Waals surface area (Å²) in [5.41, 5.74) is 1.44. The molecule has 5 heteroatoms. The molecule has 0 spiro atoms. The summed E-state index contributed by atoms with van der Waals surface area (Å²) < 4.78 is 24.0. The highest BCUT2D eigenvalue weighted by Crippen LogP contribution is 2.23. The molecule has 1 aliphatic rings. The lowest BCUT2D eigenvalue weighted by atomic mass is 9.95. The fourth-order valence-electron chi connectivity index (χ4n) is 2.57. The third kappa shape index (κ3) is 3.68. The van der Waals surface area contributed by atoms with E-state index in [0.29, 0.717) is 24.6 Å². The first-order chi connectivity index (χ1) is 10.2. The first-order valence-electron chi connectivity index (χ1n) is 7.21. The highest BCUT2D eigenvalue weighted by Gasteiger charge is 2.21. The summed E-state index contributed by atoms with van der Waals surface area (Å²) in [4.78, 5) is 4.34. The Morgan fingerprint density at radius 1 is 1.29 bits per heavy atom. The predicted molar refractivity (Wildman–Crippen MR) is 74.9 cm³/mol. The van der Waals surface area contributed by atoms with E-state index in [4.69, 9.17) is 9.15 Å². The number of aromatic nitrogens is 1.